The van der Waals surface area contributed by atoms with Gasteiger partial charge < -0.3 is 14.6 Å². The number of carbonyl (C=O) groups is 2. The second-order valence-corrected chi connectivity index (χ2v) is 16.6. The molecule has 0 radical (unpaired) electrons. The summed E-state index contributed by atoms with van der Waals surface area (Å²) in [6.45, 7) is 4.11. The predicted molar refractivity (Wildman–Crippen MR) is 229 cm³/mol. The molecular formula is C48H94O5. The van der Waals surface area contributed by atoms with E-state index in [0.717, 1.165) is 38.5 Å². The van der Waals surface area contributed by atoms with E-state index in [1.165, 1.54) is 212 Å². The Bertz CT molecular complexity index is 725. The quantitative estimate of drug-likeness (QED) is 0.0495. The zero-order valence-electron chi connectivity index (χ0n) is 36.1. The van der Waals surface area contributed by atoms with Crippen LogP contribution in [0.3, 0.4) is 0 Å². The Kier molecular flexibility index (Phi) is 44.4. The van der Waals surface area contributed by atoms with E-state index in [1.54, 1.807) is 0 Å². The third kappa shape index (κ3) is 43.5. The van der Waals surface area contributed by atoms with Crippen molar-refractivity contribution in [2.45, 2.75) is 283 Å². The number of aliphatic hydroxyl groups excluding tert-OH is 1. The van der Waals surface area contributed by atoms with Gasteiger partial charge in [-0.25, -0.2) is 0 Å². The maximum Gasteiger partial charge on any atom is 0.306 e. The molecule has 0 heterocycles. The van der Waals surface area contributed by atoms with Gasteiger partial charge in [0.15, 0.2) is 6.10 Å². The van der Waals surface area contributed by atoms with Crippen LogP contribution in [-0.4, -0.2) is 36.4 Å². The lowest BCUT2D eigenvalue weighted by atomic mass is 10.0. The Morgan fingerprint density at radius 2 is 0.585 bits per heavy atom. The number of ether oxygens (including phenoxy) is 2. The minimum absolute atomic E-state index is 0.0590. The predicted octanol–water partition coefficient (Wildman–Crippen LogP) is 15.5. The van der Waals surface area contributed by atoms with E-state index < -0.39 is 6.10 Å². The fourth-order valence-electron chi connectivity index (χ4n) is 7.50. The van der Waals surface area contributed by atoms with Crippen LogP contribution in [0, 0.1) is 0 Å². The molecule has 5 nitrogen and oxygen atoms in total. The van der Waals surface area contributed by atoms with Gasteiger partial charge in [-0.15, -0.1) is 0 Å². The highest BCUT2D eigenvalue weighted by molar-refractivity contribution is 5.70. The van der Waals surface area contributed by atoms with Gasteiger partial charge in [-0.3, -0.25) is 9.59 Å². The molecule has 0 rings (SSSR count). The van der Waals surface area contributed by atoms with Crippen LogP contribution in [0.1, 0.15) is 277 Å². The van der Waals surface area contributed by atoms with Crippen LogP contribution in [0.15, 0.2) is 0 Å². The molecule has 0 aliphatic rings. The van der Waals surface area contributed by atoms with Crippen molar-refractivity contribution >= 4 is 11.9 Å². The van der Waals surface area contributed by atoms with Crippen molar-refractivity contribution in [1.82, 2.24) is 0 Å². The lowest BCUT2D eigenvalue weighted by Crippen LogP contribution is -2.28. The van der Waals surface area contributed by atoms with Gasteiger partial charge in [0.2, 0.25) is 0 Å². The van der Waals surface area contributed by atoms with Crippen molar-refractivity contribution in [2.24, 2.45) is 0 Å². The third-order valence-electron chi connectivity index (χ3n) is 11.2. The van der Waals surface area contributed by atoms with Gasteiger partial charge in [0.1, 0.15) is 6.61 Å². The van der Waals surface area contributed by atoms with Crippen LogP contribution in [0.25, 0.3) is 0 Å². The van der Waals surface area contributed by atoms with Crippen molar-refractivity contribution in [1.29, 1.82) is 0 Å². The number of carbonyl (C=O) groups excluding carboxylic acids is 2. The van der Waals surface area contributed by atoms with Gasteiger partial charge in [0.25, 0.3) is 0 Å². The molecule has 1 atom stereocenters. The van der Waals surface area contributed by atoms with Crippen LogP contribution >= 0.6 is 0 Å². The molecule has 0 bridgehead atoms. The molecule has 0 saturated heterocycles. The molecule has 0 aromatic heterocycles. The monoisotopic (exact) mass is 751 g/mol. The standard InChI is InChI=1S/C48H94O5/c1-3-5-7-9-11-12-13-14-15-16-17-18-19-20-21-22-23-24-25-26-27-28-29-30-31-32-33-34-35-36-37-39-41-43-48(51)53-46(44-49)45-52-47(50)42-40-38-10-8-6-4-2/h46,49H,3-45H2,1-2H3. The average Bonchev–Trinajstić information content (AvgIpc) is 3.16. The maximum atomic E-state index is 12.2. The van der Waals surface area contributed by atoms with Gasteiger partial charge in [0.05, 0.1) is 6.61 Å². The fraction of sp³-hybridized carbons (Fsp3) is 0.958. The Morgan fingerprint density at radius 1 is 0.358 bits per heavy atom. The maximum absolute atomic E-state index is 12.2. The second-order valence-electron chi connectivity index (χ2n) is 16.6. The lowest BCUT2D eigenvalue weighted by Gasteiger charge is -2.15. The molecule has 316 valence electrons. The smallest absolute Gasteiger partial charge is 0.306 e. The summed E-state index contributed by atoms with van der Waals surface area (Å²) >= 11 is 0. The largest absolute Gasteiger partial charge is 0.462 e. The van der Waals surface area contributed by atoms with Crippen molar-refractivity contribution < 1.29 is 24.2 Å². The zero-order chi connectivity index (χ0) is 38.6. The zero-order valence-corrected chi connectivity index (χ0v) is 36.1. The Morgan fingerprint density at radius 3 is 0.830 bits per heavy atom. The summed E-state index contributed by atoms with van der Waals surface area (Å²) in [6, 6.07) is 0. The molecule has 53 heavy (non-hydrogen) atoms. The van der Waals surface area contributed by atoms with Crippen molar-refractivity contribution in [3.05, 3.63) is 0 Å². The second kappa shape index (κ2) is 45.3. The van der Waals surface area contributed by atoms with Crippen LogP contribution in [0.5, 0.6) is 0 Å². The van der Waals surface area contributed by atoms with E-state index >= 15 is 0 Å². The molecule has 0 aromatic carbocycles. The molecular weight excluding hydrogens is 657 g/mol. The van der Waals surface area contributed by atoms with Gasteiger partial charge in [-0.1, -0.05) is 251 Å². The number of unbranched alkanes of at least 4 members (excludes halogenated alkanes) is 37. The summed E-state index contributed by atoms with van der Waals surface area (Å²) in [5.41, 5.74) is 0. The van der Waals surface area contributed by atoms with Crippen LogP contribution < -0.4 is 0 Å². The van der Waals surface area contributed by atoms with Gasteiger partial charge in [-0.05, 0) is 12.8 Å². The van der Waals surface area contributed by atoms with E-state index in [2.05, 4.69) is 13.8 Å². The van der Waals surface area contributed by atoms with Gasteiger partial charge in [0, 0.05) is 12.8 Å². The van der Waals surface area contributed by atoms with E-state index in [1.807, 2.05) is 0 Å². The fourth-order valence-corrected chi connectivity index (χ4v) is 7.50. The number of hydrogen-bond acceptors (Lipinski definition) is 5. The van der Waals surface area contributed by atoms with Crippen molar-refractivity contribution in [2.75, 3.05) is 13.2 Å². The van der Waals surface area contributed by atoms with Gasteiger partial charge >= 0.3 is 11.9 Å². The van der Waals surface area contributed by atoms with Crippen molar-refractivity contribution in [3.63, 3.8) is 0 Å². The molecule has 0 aromatic rings. The summed E-state index contributed by atoms with van der Waals surface area (Å²) in [7, 11) is 0. The summed E-state index contributed by atoms with van der Waals surface area (Å²) in [5, 5.41) is 9.51. The minimum Gasteiger partial charge on any atom is -0.462 e. The summed E-state index contributed by atoms with van der Waals surface area (Å²) in [4.78, 5) is 24.1. The molecule has 1 unspecified atom stereocenters. The van der Waals surface area contributed by atoms with E-state index in [-0.39, 0.29) is 25.2 Å². The molecule has 0 fully saturated rings. The SMILES string of the molecule is CCCCCCCCCCCCCCCCCCCCCCCCCCCCCCCCCCCC(=O)OC(CO)COC(=O)CCCCCCCC. The molecule has 5 heteroatoms. The highest BCUT2D eigenvalue weighted by Gasteiger charge is 2.16. The highest BCUT2D eigenvalue weighted by atomic mass is 16.6. The summed E-state index contributed by atoms with van der Waals surface area (Å²) in [6.07, 6.45) is 52.5. The number of rotatable bonds is 45. The first-order valence-electron chi connectivity index (χ1n) is 24.1. The molecule has 0 amide bonds. The lowest BCUT2D eigenvalue weighted by molar-refractivity contribution is -0.161. The van der Waals surface area contributed by atoms with E-state index in [9.17, 15) is 14.7 Å². The number of hydrogen-bond donors (Lipinski definition) is 1. The Balaban J connectivity index is 3.29. The molecule has 0 spiro atoms. The average molecular weight is 751 g/mol. The highest BCUT2D eigenvalue weighted by Crippen LogP contribution is 2.17. The third-order valence-corrected chi connectivity index (χ3v) is 11.2. The normalized spacial score (nSPS) is 12.0. The summed E-state index contributed by atoms with van der Waals surface area (Å²) in [5.74, 6) is -0.585. The van der Waals surface area contributed by atoms with Crippen LogP contribution in [0.2, 0.25) is 0 Å². The summed E-state index contributed by atoms with van der Waals surface area (Å²) < 4.78 is 10.5. The minimum atomic E-state index is -0.760. The van der Waals surface area contributed by atoms with E-state index in [4.69, 9.17) is 9.47 Å². The first-order valence-corrected chi connectivity index (χ1v) is 24.1. The van der Waals surface area contributed by atoms with Crippen LogP contribution in [-0.2, 0) is 19.1 Å². The molecule has 1 N–H and O–H groups in total. The molecule has 0 aliphatic carbocycles. The van der Waals surface area contributed by atoms with Crippen molar-refractivity contribution in [3.8, 4) is 0 Å². The first kappa shape index (κ1) is 51.9. The topological polar surface area (TPSA) is 72.8 Å². The molecule has 0 aliphatic heterocycles. The van der Waals surface area contributed by atoms with Gasteiger partial charge in [-0.2, -0.15) is 0 Å². The van der Waals surface area contributed by atoms with E-state index in [0.29, 0.717) is 12.8 Å². The Labute approximate surface area is 331 Å². The number of aliphatic hydroxyl groups is 1. The number of esters is 2. The first-order chi connectivity index (χ1) is 26.1. The Hall–Kier alpha value is -1.10. The van der Waals surface area contributed by atoms with Crippen LogP contribution in [0.4, 0.5) is 0 Å². The molecule has 0 saturated carbocycles.